The van der Waals surface area contributed by atoms with Crippen LogP contribution in [0.2, 0.25) is 0 Å². The summed E-state index contributed by atoms with van der Waals surface area (Å²) >= 11 is 0. The number of rotatable bonds is 32. The highest BCUT2D eigenvalue weighted by molar-refractivity contribution is 5.76. The minimum absolute atomic E-state index is 0. The minimum atomic E-state index is -0.840. The number of hydrogen-bond donors (Lipinski definition) is 3. The number of amides is 1. The summed E-state index contributed by atoms with van der Waals surface area (Å²) in [7, 11) is 0. The zero-order valence-electron chi connectivity index (χ0n) is 29.1. The molecule has 6 heteroatoms. The van der Waals surface area contributed by atoms with Crippen LogP contribution >= 0.6 is 0 Å². The van der Waals surface area contributed by atoms with E-state index in [1.807, 2.05) is 6.08 Å². The first-order valence-electron chi connectivity index (χ1n) is 18.9. The van der Waals surface area contributed by atoms with E-state index in [1.165, 1.54) is 135 Å². The Labute approximate surface area is 288 Å². The summed E-state index contributed by atoms with van der Waals surface area (Å²) in [6.45, 7) is 3.15. The first kappa shape index (κ1) is 43.8. The molecule has 3 N–H and O–H groups in total. The van der Waals surface area contributed by atoms with Crippen LogP contribution in [-0.2, 0) is 11.3 Å². The number of nitrogens with one attached hydrogen (secondary N) is 1. The fraction of sp³-hybridized carbons (Fsp3) is 0.795. The van der Waals surface area contributed by atoms with Crippen LogP contribution in [0.15, 0.2) is 42.7 Å². The third kappa shape index (κ3) is 28.7. The highest BCUT2D eigenvalue weighted by atomic mass is 79.9. The molecule has 0 spiro atoms. The molecule has 262 valence electrons. The second kappa shape index (κ2) is 34.1. The molecular weight excluding hydrogens is 624 g/mol. The number of unbranched alkanes of at least 4 members (excludes halogenated alkanes) is 23. The van der Waals surface area contributed by atoms with Gasteiger partial charge in [0.2, 0.25) is 5.91 Å². The van der Waals surface area contributed by atoms with Gasteiger partial charge in [0, 0.05) is 25.0 Å². The Hall–Kier alpha value is -1.24. The molecule has 0 saturated heterocycles. The number of aliphatic hydroxyl groups excluding tert-OH is 2. The highest BCUT2D eigenvalue weighted by Crippen LogP contribution is 2.14. The SMILES string of the molecule is CCCCCCCCCCCCCCCC(=O)N[C@@H](CO)[C@@H](O)/C=C/CCCCCCCCCCCCC[n+]1ccccc1.[Br-]. The third-order valence-electron chi connectivity index (χ3n) is 8.86. The molecule has 1 heterocycles. The fourth-order valence-electron chi connectivity index (χ4n) is 5.92. The van der Waals surface area contributed by atoms with Gasteiger partial charge in [0.15, 0.2) is 12.4 Å². The first-order valence-corrected chi connectivity index (χ1v) is 18.9. The smallest absolute Gasteiger partial charge is 0.220 e. The quantitative estimate of drug-likeness (QED) is 0.0456. The molecule has 0 aliphatic heterocycles. The average molecular weight is 696 g/mol. The van der Waals surface area contributed by atoms with E-state index in [9.17, 15) is 15.0 Å². The van der Waals surface area contributed by atoms with Gasteiger partial charge >= 0.3 is 0 Å². The molecule has 1 rings (SSSR count). The molecule has 5 nitrogen and oxygen atoms in total. The third-order valence-corrected chi connectivity index (χ3v) is 8.86. The monoisotopic (exact) mass is 694 g/mol. The van der Waals surface area contributed by atoms with Gasteiger partial charge in [-0.2, -0.15) is 0 Å². The van der Waals surface area contributed by atoms with Gasteiger partial charge in [-0.3, -0.25) is 4.79 Å². The predicted molar refractivity (Wildman–Crippen MR) is 187 cm³/mol. The van der Waals surface area contributed by atoms with Gasteiger partial charge in [-0.05, 0) is 25.7 Å². The lowest BCUT2D eigenvalue weighted by Gasteiger charge is -2.20. The van der Waals surface area contributed by atoms with Crippen molar-refractivity contribution in [1.82, 2.24) is 5.32 Å². The highest BCUT2D eigenvalue weighted by Gasteiger charge is 2.17. The molecule has 0 bridgehead atoms. The van der Waals surface area contributed by atoms with E-state index in [0.29, 0.717) is 6.42 Å². The van der Waals surface area contributed by atoms with Crippen molar-refractivity contribution in [3.05, 3.63) is 42.7 Å². The van der Waals surface area contributed by atoms with E-state index >= 15 is 0 Å². The summed E-state index contributed by atoms with van der Waals surface area (Å²) in [4.78, 5) is 12.3. The van der Waals surface area contributed by atoms with Crippen molar-refractivity contribution in [1.29, 1.82) is 0 Å². The summed E-state index contributed by atoms with van der Waals surface area (Å²) in [5, 5.41) is 22.9. The van der Waals surface area contributed by atoms with Gasteiger partial charge < -0.3 is 32.5 Å². The number of aliphatic hydroxyl groups is 2. The molecule has 1 amide bonds. The topological polar surface area (TPSA) is 73.4 Å². The molecule has 1 aromatic rings. The van der Waals surface area contributed by atoms with Gasteiger partial charge in [0.1, 0.15) is 6.54 Å². The number of aromatic nitrogens is 1. The van der Waals surface area contributed by atoms with E-state index in [0.717, 1.165) is 32.2 Å². The molecule has 0 saturated carbocycles. The van der Waals surface area contributed by atoms with Crippen LogP contribution in [0.3, 0.4) is 0 Å². The van der Waals surface area contributed by atoms with Gasteiger partial charge in [-0.25, -0.2) is 4.57 Å². The molecule has 45 heavy (non-hydrogen) atoms. The van der Waals surface area contributed by atoms with Crippen LogP contribution in [0.5, 0.6) is 0 Å². The zero-order valence-corrected chi connectivity index (χ0v) is 30.7. The van der Waals surface area contributed by atoms with Crippen LogP contribution in [0.1, 0.15) is 174 Å². The van der Waals surface area contributed by atoms with Gasteiger partial charge in [-0.1, -0.05) is 154 Å². The Morgan fingerprint density at radius 2 is 1.11 bits per heavy atom. The molecule has 0 radical (unpaired) electrons. The molecular formula is C39H71BrN2O3. The Kier molecular flexibility index (Phi) is 33.2. The van der Waals surface area contributed by atoms with E-state index in [4.69, 9.17) is 0 Å². The van der Waals surface area contributed by atoms with Crippen LogP contribution in [0.25, 0.3) is 0 Å². The lowest BCUT2D eigenvalue weighted by molar-refractivity contribution is -0.697. The van der Waals surface area contributed by atoms with E-state index in [2.05, 4.69) is 47.4 Å². The van der Waals surface area contributed by atoms with Crippen LogP contribution in [-0.4, -0.2) is 34.9 Å². The fourth-order valence-corrected chi connectivity index (χ4v) is 5.92. The van der Waals surface area contributed by atoms with Crippen molar-refractivity contribution in [2.24, 2.45) is 0 Å². The van der Waals surface area contributed by atoms with Gasteiger partial charge in [0.05, 0.1) is 18.8 Å². The molecule has 0 aliphatic carbocycles. The predicted octanol–water partition coefficient (Wildman–Crippen LogP) is 6.53. The van der Waals surface area contributed by atoms with Crippen molar-refractivity contribution >= 4 is 5.91 Å². The second-order valence-corrected chi connectivity index (χ2v) is 13.1. The number of hydrogen-bond acceptors (Lipinski definition) is 3. The maximum absolute atomic E-state index is 12.3. The molecule has 0 fully saturated rings. The number of halogens is 1. The summed E-state index contributed by atoms with van der Waals surface area (Å²) < 4.78 is 2.27. The molecule has 2 atom stereocenters. The number of carbonyl (C=O) groups is 1. The van der Waals surface area contributed by atoms with Gasteiger partial charge in [0.25, 0.3) is 0 Å². The standard InChI is InChI=1S/C39H70N2O3.BrH/c1-2-3-4-5-6-7-8-10-14-17-20-23-27-32-39(44)40-37(36-42)38(43)31-26-22-19-16-13-11-9-12-15-18-21-24-28-33-41-34-29-25-30-35-41;/h25-26,29-31,34-35,37-38,42-43H,2-24,27-28,32-33,36H2,1H3;1H/b31-26+;/t37-,38-;/m0./s1. The van der Waals surface area contributed by atoms with Crippen molar-refractivity contribution in [2.75, 3.05) is 6.61 Å². The summed E-state index contributed by atoms with van der Waals surface area (Å²) in [5.41, 5.74) is 0. The van der Waals surface area contributed by atoms with E-state index in [-0.39, 0.29) is 29.5 Å². The maximum atomic E-state index is 12.3. The van der Waals surface area contributed by atoms with Crippen molar-refractivity contribution in [3.63, 3.8) is 0 Å². The first-order chi connectivity index (χ1) is 21.7. The molecule has 0 aromatic carbocycles. The number of aryl methyl sites for hydroxylation is 1. The number of carbonyl (C=O) groups excluding carboxylic acids is 1. The lowest BCUT2D eigenvalue weighted by Crippen LogP contribution is -3.00. The Morgan fingerprint density at radius 3 is 1.60 bits per heavy atom. The second-order valence-electron chi connectivity index (χ2n) is 13.1. The van der Waals surface area contributed by atoms with E-state index < -0.39 is 12.1 Å². The van der Waals surface area contributed by atoms with Crippen LogP contribution in [0.4, 0.5) is 0 Å². The Bertz CT molecular complexity index is 777. The molecule has 0 unspecified atom stereocenters. The van der Waals surface area contributed by atoms with Crippen molar-refractivity contribution in [2.45, 2.75) is 193 Å². The molecule has 1 aromatic heterocycles. The Balaban J connectivity index is 0.0000194. The number of pyridine rings is 1. The zero-order chi connectivity index (χ0) is 31.8. The number of nitrogens with zero attached hydrogens (tertiary/aromatic N) is 1. The van der Waals surface area contributed by atoms with Crippen LogP contribution < -0.4 is 26.9 Å². The van der Waals surface area contributed by atoms with Crippen molar-refractivity contribution in [3.8, 4) is 0 Å². The van der Waals surface area contributed by atoms with E-state index in [1.54, 1.807) is 6.08 Å². The largest absolute Gasteiger partial charge is 1.00 e. The van der Waals surface area contributed by atoms with Crippen LogP contribution in [0, 0.1) is 0 Å². The average Bonchev–Trinajstić information content (AvgIpc) is 3.04. The Morgan fingerprint density at radius 1 is 0.667 bits per heavy atom. The maximum Gasteiger partial charge on any atom is 0.220 e. The van der Waals surface area contributed by atoms with Crippen molar-refractivity contribution < 1.29 is 36.6 Å². The normalized spacial score (nSPS) is 12.7. The summed E-state index contributed by atoms with van der Waals surface area (Å²) in [6, 6.07) is 5.64. The summed E-state index contributed by atoms with van der Waals surface area (Å²) in [5.74, 6) is -0.0678. The molecule has 0 aliphatic rings. The number of allylic oxidation sites excluding steroid dienone is 1. The van der Waals surface area contributed by atoms with Gasteiger partial charge in [-0.15, -0.1) is 0 Å². The summed E-state index contributed by atoms with van der Waals surface area (Å²) in [6.07, 6.45) is 39.6. The lowest BCUT2D eigenvalue weighted by atomic mass is 10.0. The minimum Gasteiger partial charge on any atom is -1.00 e.